The molecule has 112 valence electrons. The van der Waals surface area contributed by atoms with Crippen LogP contribution in [0.1, 0.15) is 19.8 Å². The largest absolute Gasteiger partial charge is 0.435 e. The third-order valence-electron chi connectivity index (χ3n) is 2.46. The van der Waals surface area contributed by atoms with Gasteiger partial charge in [-0.1, -0.05) is 13.3 Å². The highest BCUT2D eigenvalue weighted by Crippen LogP contribution is 2.17. The number of ether oxygens (including phenoxy) is 1. The minimum atomic E-state index is -2.88. The van der Waals surface area contributed by atoms with E-state index in [-0.39, 0.29) is 12.3 Å². The van der Waals surface area contributed by atoms with E-state index >= 15 is 0 Å². The number of anilines is 1. The van der Waals surface area contributed by atoms with E-state index in [9.17, 15) is 18.7 Å². The van der Waals surface area contributed by atoms with E-state index in [4.69, 9.17) is 0 Å². The van der Waals surface area contributed by atoms with E-state index in [2.05, 4.69) is 15.4 Å². The van der Waals surface area contributed by atoms with Crippen LogP contribution in [0.5, 0.6) is 5.75 Å². The van der Waals surface area contributed by atoms with Crippen molar-refractivity contribution in [3.8, 4) is 5.75 Å². The lowest BCUT2D eigenvalue weighted by Gasteiger charge is -2.12. The first-order valence-corrected chi connectivity index (χ1v) is 6.29. The van der Waals surface area contributed by atoms with E-state index in [1.54, 1.807) is 0 Å². The third kappa shape index (κ3) is 6.33. The number of halogens is 2. The Kier molecular flexibility index (Phi) is 6.72. The number of benzene rings is 1. The number of rotatable bonds is 7. The Hall–Kier alpha value is -1.89. The molecule has 3 N–H and O–H groups in total. The SMILES string of the molecule is CCCC(O)CNC(=O)Nc1ccc(OC(F)F)cc1. The molecule has 0 aromatic heterocycles. The molecule has 1 aromatic carbocycles. The van der Waals surface area contributed by atoms with Crippen LogP contribution in [-0.2, 0) is 0 Å². The lowest BCUT2D eigenvalue weighted by atomic mass is 10.2. The molecule has 2 amide bonds. The number of hydrogen-bond acceptors (Lipinski definition) is 3. The van der Waals surface area contributed by atoms with Crippen molar-refractivity contribution >= 4 is 11.7 Å². The smallest absolute Gasteiger partial charge is 0.387 e. The first kappa shape index (κ1) is 16.2. The van der Waals surface area contributed by atoms with Gasteiger partial charge in [-0.15, -0.1) is 0 Å². The monoisotopic (exact) mass is 288 g/mol. The molecule has 1 unspecified atom stereocenters. The minimum Gasteiger partial charge on any atom is -0.435 e. The Labute approximate surface area is 115 Å². The van der Waals surface area contributed by atoms with Gasteiger partial charge >= 0.3 is 12.6 Å². The first-order chi connectivity index (χ1) is 9.51. The molecule has 0 saturated heterocycles. The second-order valence-corrected chi connectivity index (χ2v) is 4.18. The maximum atomic E-state index is 11.9. The van der Waals surface area contributed by atoms with Crippen LogP contribution in [0.4, 0.5) is 19.3 Å². The quantitative estimate of drug-likeness (QED) is 0.722. The summed E-state index contributed by atoms with van der Waals surface area (Å²) >= 11 is 0. The van der Waals surface area contributed by atoms with Gasteiger partial charge in [0.2, 0.25) is 0 Å². The van der Waals surface area contributed by atoms with Crippen LogP contribution >= 0.6 is 0 Å². The summed E-state index contributed by atoms with van der Waals surface area (Å²) in [5.41, 5.74) is 0.439. The summed E-state index contributed by atoms with van der Waals surface area (Å²) in [4.78, 5) is 11.5. The number of carbonyl (C=O) groups excluding carboxylic acids is 1. The normalized spacial score (nSPS) is 12.1. The van der Waals surface area contributed by atoms with Gasteiger partial charge in [0.15, 0.2) is 0 Å². The molecular weight excluding hydrogens is 270 g/mol. The van der Waals surface area contributed by atoms with Gasteiger partial charge in [-0.2, -0.15) is 8.78 Å². The number of aliphatic hydroxyl groups is 1. The Morgan fingerprint density at radius 1 is 1.35 bits per heavy atom. The van der Waals surface area contributed by atoms with E-state index in [1.165, 1.54) is 24.3 Å². The molecule has 7 heteroatoms. The van der Waals surface area contributed by atoms with Crippen LogP contribution in [0.2, 0.25) is 0 Å². The summed E-state index contributed by atoms with van der Waals surface area (Å²) in [6.45, 7) is -0.782. The van der Waals surface area contributed by atoms with Crippen LogP contribution in [-0.4, -0.2) is 30.4 Å². The summed E-state index contributed by atoms with van der Waals surface area (Å²) in [6, 6.07) is 5.07. The molecule has 1 rings (SSSR count). The van der Waals surface area contributed by atoms with Crippen molar-refractivity contribution in [3.05, 3.63) is 24.3 Å². The molecular formula is C13H18F2N2O3. The third-order valence-corrected chi connectivity index (χ3v) is 2.46. The van der Waals surface area contributed by atoms with Gasteiger partial charge in [0.05, 0.1) is 6.10 Å². The molecule has 0 radical (unpaired) electrons. The number of aliphatic hydroxyl groups excluding tert-OH is 1. The zero-order chi connectivity index (χ0) is 15.0. The topological polar surface area (TPSA) is 70.6 Å². The second-order valence-electron chi connectivity index (χ2n) is 4.18. The lowest BCUT2D eigenvalue weighted by Crippen LogP contribution is -2.35. The fourth-order valence-corrected chi connectivity index (χ4v) is 1.54. The maximum Gasteiger partial charge on any atom is 0.387 e. The fraction of sp³-hybridized carbons (Fsp3) is 0.462. The minimum absolute atomic E-state index is 0.0179. The van der Waals surface area contributed by atoms with Gasteiger partial charge in [-0.05, 0) is 30.7 Å². The summed E-state index contributed by atoms with van der Waals surface area (Å²) in [7, 11) is 0. The molecule has 0 saturated carbocycles. The number of alkyl halides is 2. The standard InChI is InChI=1S/C13H18F2N2O3/c1-2-3-10(18)8-16-13(19)17-9-4-6-11(7-5-9)20-12(14)15/h4-7,10,12,18H,2-3,8H2,1H3,(H2,16,17,19). The molecule has 0 fully saturated rings. The van der Waals surface area contributed by atoms with Gasteiger partial charge in [0.1, 0.15) is 5.75 Å². The number of amides is 2. The van der Waals surface area contributed by atoms with Crippen LogP contribution in [0.15, 0.2) is 24.3 Å². The van der Waals surface area contributed by atoms with Crippen molar-refractivity contribution in [2.75, 3.05) is 11.9 Å². The van der Waals surface area contributed by atoms with Gasteiger partial charge in [0, 0.05) is 12.2 Å². The number of nitrogens with one attached hydrogen (secondary N) is 2. The highest BCUT2D eigenvalue weighted by atomic mass is 19.3. The molecule has 20 heavy (non-hydrogen) atoms. The number of urea groups is 1. The average molecular weight is 288 g/mol. The molecule has 0 spiro atoms. The van der Waals surface area contributed by atoms with Crippen molar-refractivity contribution in [3.63, 3.8) is 0 Å². The Balaban J connectivity index is 2.38. The van der Waals surface area contributed by atoms with E-state index in [0.717, 1.165) is 6.42 Å². The highest BCUT2D eigenvalue weighted by Gasteiger charge is 2.07. The van der Waals surface area contributed by atoms with E-state index in [1.807, 2.05) is 6.92 Å². The van der Waals surface area contributed by atoms with Crippen molar-refractivity contribution in [1.82, 2.24) is 5.32 Å². The van der Waals surface area contributed by atoms with Gasteiger partial charge in [-0.25, -0.2) is 4.79 Å². The number of carbonyl (C=O) groups is 1. The Morgan fingerprint density at radius 3 is 2.55 bits per heavy atom. The van der Waals surface area contributed by atoms with Crippen molar-refractivity contribution in [1.29, 1.82) is 0 Å². The van der Waals surface area contributed by atoms with Gasteiger partial charge in [-0.3, -0.25) is 0 Å². The molecule has 0 aliphatic carbocycles. The summed E-state index contributed by atoms with van der Waals surface area (Å²) in [5.74, 6) is 0.0179. The average Bonchev–Trinajstić information content (AvgIpc) is 2.38. The molecule has 1 atom stereocenters. The van der Waals surface area contributed by atoms with Crippen LogP contribution in [0.25, 0.3) is 0 Å². The van der Waals surface area contributed by atoms with Crippen LogP contribution in [0.3, 0.4) is 0 Å². The molecule has 0 aliphatic heterocycles. The van der Waals surface area contributed by atoms with Crippen LogP contribution in [0, 0.1) is 0 Å². The summed E-state index contributed by atoms with van der Waals surface area (Å²) in [6.07, 6.45) is 0.864. The predicted octanol–water partition coefficient (Wildman–Crippen LogP) is 2.57. The van der Waals surface area contributed by atoms with Crippen LogP contribution < -0.4 is 15.4 Å². The Morgan fingerprint density at radius 2 is 2.00 bits per heavy atom. The maximum absolute atomic E-state index is 11.9. The first-order valence-electron chi connectivity index (χ1n) is 6.29. The lowest BCUT2D eigenvalue weighted by molar-refractivity contribution is -0.0498. The Bertz CT molecular complexity index is 413. The van der Waals surface area contributed by atoms with Gasteiger partial charge < -0.3 is 20.5 Å². The highest BCUT2D eigenvalue weighted by molar-refractivity contribution is 5.89. The van der Waals surface area contributed by atoms with E-state index < -0.39 is 18.7 Å². The zero-order valence-electron chi connectivity index (χ0n) is 11.1. The van der Waals surface area contributed by atoms with E-state index in [0.29, 0.717) is 12.1 Å². The molecule has 0 bridgehead atoms. The number of hydrogen-bond donors (Lipinski definition) is 3. The molecule has 0 heterocycles. The predicted molar refractivity (Wildman–Crippen MR) is 71.0 cm³/mol. The van der Waals surface area contributed by atoms with Crippen molar-refractivity contribution in [2.24, 2.45) is 0 Å². The van der Waals surface area contributed by atoms with Crippen molar-refractivity contribution < 1.29 is 23.4 Å². The fourth-order valence-electron chi connectivity index (χ4n) is 1.54. The summed E-state index contributed by atoms with van der Waals surface area (Å²) in [5, 5.41) is 14.5. The van der Waals surface area contributed by atoms with Crippen molar-refractivity contribution in [2.45, 2.75) is 32.5 Å². The zero-order valence-corrected chi connectivity index (χ0v) is 11.1. The molecule has 5 nitrogen and oxygen atoms in total. The summed E-state index contributed by atoms with van der Waals surface area (Å²) < 4.78 is 28.1. The second kappa shape index (κ2) is 8.31. The molecule has 0 aliphatic rings. The molecule has 1 aromatic rings. The van der Waals surface area contributed by atoms with Gasteiger partial charge in [0.25, 0.3) is 0 Å².